The maximum Gasteiger partial charge on any atom is 0.308 e. The minimum atomic E-state index is -3.33. The Hall–Kier alpha value is -1.40. The van der Waals surface area contributed by atoms with E-state index in [4.69, 9.17) is 4.74 Å². The van der Waals surface area contributed by atoms with Crippen LogP contribution in [-0.4, -0.2) is 38.9 Å². The zero-order valence-electron chi connectivity index (χ0n) is 12.4. The third-order valence-electron chi connectivity index (χ3n) is 3.81. The molecule has 0 aromatic heterocycles. The second kappa shape index (κ2) is 6.58. The number of aryl methyl sites for hydroxylation is 1. The molecule has 0 amide bonds. The maximum absolute atomic E-state index is 12.4. The van der Waals surface area contributed by atoms with E-state index in [1.165, 1.54) is 11.4 Å². The van der Waals surface area contributed by atoms with Crippen molar-refractivity contribution in [1.82, 2.24) is 4.31 Å². The number of esters is 1. The molecule has 5 nitrogen and oxygen atoms in total. The van der Waals surface area contributed by atoms with Crippen molar-refractivity contribution in [3.63, 3.8) is 0 Å². The molecule has 1 fully saturated rings. The summed E-state index contributed by atoms with van der Waals surface area (Å²) in [5.74, 6) is -0.413. The highest BCUT2D eigenvalue weighted by atomic mass is 32.2. The molecule has 6 heteroatoms. The number of nitrogens with zero attached hydrogens (tertiary/aromatic N) is 1. The molecular formula is C15H21NO4S. The van der Waals surface area contributed by atoms with Crippen LogP contribution >= 0.6 is 0 Å². The van der Waals surface area contributed by atoms with Gasteiger partial charge in [0.1, 0.15) is 0 Å². The van der Waals surface area contributed by atoms with E-state index >= 15 is 0 Å². The van der Waals surface area contributed by atoms with E-state index < -0.39 is 10.0 Å². The van der Waals surface area contributed by atoms with Gasteiger partial charge in [-0.15, -0.1) is 0 Å². The first-order valence-corrected chi connectivity index (χ1v) is 8.64. The summed E-state index contributed by atoms with van der Waals surface area (Å²) in [6.45, 7) is 2.71. The molecule has 0 unspecified atom stereocenters. The zero-order chi connectivity index (χ0) is 15.5. The maximum atomic E-state index is 12.4. The van der Waals surface area contributed by atoms with Gasteiger partial charge in [-0.05, 0) is 25.3 Å². The topological polar surface area (TPSA) is 63.7 Å². The quantitative estimate of drug-likeness (QED) is 0.794. The minimum Gasteiger partial charge on any atom is -0.469 e. The number of carbonyl (C=O) groups is 1. The predicted molar refractivity (Wildman–Crippen MR) is 80.1 cm³/mol. The number of hydrogen-bond donors (Lipinski definition) is 0. The Kier molecular flexibility index (Phi) is 5.00. The fourth-order valence-corrected chi connectivity index (χ4v) is 4.19. The van der Waals surface area contributed by atoms with Gasteiger partial charge in [0.15, 0.2) is 0 Å². The van der Waals surface area contributed by atoms with Gasteiger partial charge in [-0.2, -0.15) is 0 Å². The van der Waals surface area contributed by atoms with E-state index in [0.29, 0.717) is 25.9 Å². The lowest BCUT2D eigenvalue weighted by molar-refractivity contribution is -0.146. The normalized spacial score (nSPS) is 17.6. The van der Waals surface area contributed by atoms with Crippen molar-refractivity contribution in [3.05, 3.63) is 35.4 Å². The molecule has 21 heavy (non-hydrogen) atoms. The van der Waals surface area contributed by atoms with Crippen molar-refractivity contribution in [2.24, 2.45) is 5.92 Å². The Labute approximate surface area is 126 Å². The largest absolute Gasteiger partial charge is 0.469 e. The van der Waals surface area contributed by atoms with Crippen LogP contribution in [0.3, 0.4) is 0 Å². The van der Waals surface area contributed by atoms with Gasteiger partial charge in [0, 0.05) is 13.1 Å². The summed E-state index contributed by atoms with van der Waals surface area (Å²) in [6.07, 6.45) is 1.06. The number of ether oxygens (including phenoxy) is 1. The molecule has 0 atom stereocenters. The summed E-state index contributed by atoms with van der Waals surface area (Å²) in [7, 11) is -1.96. The standard InChI is InChI=1S/C15H21NO4S/c1-12-4-3-5-13(10-12)11-21(18,19)16-8-6-14(7-9-16)15(17)20-2/h3-5,10,14H,6-9,11H2,1-2H3. The fraction of sp³-hybridized carbons (Fsp3) is 0.533. The van der Waals surface area contributed by atoms with Gasteiger partial charge in [-0.25, -0.2) is 12.7 Å². The molecule has 0 aliphatic carbocycles. The molecule has 0 bridgehead atoms. The lowest BCUT2D eigenvalue weighted by Gasteiger charge is -2.29. The Morgan fingerprint density at radius 3 is 2.57 bits per heavy atom. The van der Waals surface area contributed by atoms with Gasteiger partial charge in [-0.3, -0.25) is 4.79 Å². The van der Waals surface area contributed by atoms with Crippen LogP contribution in [0, 0.1) is 12.8 Å². The highest BCUT2D eigenvalue weighted by Gasteiger charge is 2.31. The van der Waals surface area contributed by atoms with Gasteiger partial charge in [0.2, 0.25) is 10.0 Å². The molecule has 1 aliphatic heterocycles. The highest BCUT2D eigenvalue weighted by molar-refractivity contribution is 7.88. The Bertz CT molecular complexity index is 604. The Morgan fingerprint density at radius 1 is 1.33 bits per heavy atom. The van der Waals surface area contributed by atoms with E-state index in [-0.39, 0.29) is 17.6 Å². The van der Waals surface area contributed by atoms with Crippen LogP contribution in [0.5, 0.6) is 0 Å². The zero-order valence-corrected chi connectivity index (χ0v) is 13.2. The number of benzene rings is 1. The summed E-state index contributed by atoms with van der Waals surface area (Å²) in [5.41, 5.74) is 1.84. The van der Waals surface area contributed by atoms with E-state index in [0.717, 1.165) is 11.1 Å². The molecule has 0 N–H and O–H groups in total. The van der Waals surface area contributed by atoms with Gasteiger partial charge >= 0.3 is 5.97 Å². The van der Waals surface area contributed by atoms with Gasteiger partial charge in [0.05, 0.1) is 18.8 Å². The third kappa shape index (κ3) is 4.04. The molecule has 1 aromatic rings. The molecule has 116 valence electrons. The number of rotatable bonds is 4. The van der Waals surface area contributed by atoms with Crippen molar-refractivity contribution >= 4 is 16.0 Å². The molecule has 1 saturated heterocycles. The SMILES string of the molecule is COC(=O)C1CCN(S(=O)(=O)Cc2cccc(C)c2)CC1. The van der Waals surface area contributed by atoms with E-state index in [2.05, 4.69) is 0 Å². The van der Waals surface area contributed by atoms with Crippen LogP contribution < -0.4 is 0 Å². The van der Waals surface area contributed by atoms with Crippen LogP contribution in [-0.2, 0) is 25.3 Å². The van der Waals surface area contributed by atoms with E-state index in [1.807, 2.05) is 31.2 Å². The summed E-state index contributed by atoms with van der Waals surface area (Å²) in [6, 6.07) is 7.52. The summed E-state index contributed by atoms with van der Waals surface area (Å²) in [4.78, 5) is 11.5. The third-order valence-corrected chi connectivity index (χ3v) is 5.66. The lowest BCUT2D eigenvalue weighted by atomic mass is 9.99. The summed E-state index contributed by atoms with van der Waals surface area (Å²) in [5, 5.41) is 0. The first-order valence-electron chi connectivity index (χ1n) is 7.03. The molecule has 2 rings (SSSR count). The van der Waals surface area contributed by atoms with Gasteiger partial charge in [0.25, 0.3) is 0 Å². The smallest absolute Gasteiger partial charge is 0.308 e. The summed E-state index contributed by atoms with van der Waals surface area (Å²) < 4.78 is 31.0. The second-order valence-corrected chi connectivity index (χ2v) is 7.41. The molecule has 1 heterocycles. The fourth-order valence-electron chi connectivity index (χ4n) is 2.64. The van der Waals surface area contributed by atoms with Crippen LogP contribution in [0.15, 0.2) is 24.3 Å². The van der Waals surface area contributed by atoms with Crippen molar-refractivity contribution in [2.45, 2.75) is 25.5 Å². The van der Waals surface area contributed by atoms with Crippen LogP contribution in [0.25, 0.3) is 0 Å². The van der Waals surface area contributed by atoms with Gasteiger partial charge < -0.3 is 4.74 Å². The molecule has 1 aliphatic rings. The molecular weight excluding hydrogens is 290 g/mol. The second-order valence-electron chi connectivity index (χ2n) is 5.44. The Morgan fingerprint density at radius 2 is 2.00 bits per heavy atom. The average molecular weight is 311 g/mol. The molecule has 0 radical (unpaired) electrons. The van der Waals surface area contributed by atoms with Crippen LogP contribution in [0.2, 0.25) is 0 Å². The Balaban J connectivity index is 2.00. The number of piperidine rings is 1. The average Bonchev–Trinajstić information content (AvgIpc) is 2.46. The van der Waals surface area contributed by atoms with Crippen molar-refractivity contribution in [1.29, 1.82) is 0 Å². The molecule has 1 aromatic carbocycles. The van der Waals surface area contributed by atoms with Gasteiger partial charge in [-0.1, -0.05) is 29.8 Å². The first kappa shape index (κ1) is 16.0. The van der Waals surface area contributed by atoms with Crippen molar-refractivity contribution in [2.75, 3.05) is 20.2 Å². The lowest BCUT2D eigenvalue weighted by Crippen LogP contribution is -2.41. The van der Waals surface area contributed by atoms with Crippen LogP contribution in [0.4, 0.5) is 0 Å². The highest BCUT2D eigenvalue weighted by Crippen LogP contribution is 2.22. The molecule has 0 saturated carbocycles. The number of carbonyl (C=O) groups excluding carboxylic acids is 1. The summed E-state index contributed by atoms with van der Waals surface area (Å²) >= 11 is 0. The van der Waals surface area contributed by atoms with E-state index in [1.54, 1.807) is 0 Å². The number of hydrogen-bond acceptors (Lipinski definition) is 4. The van der Waals surface area contributed by atoms with Crippen molar-refractivity contribution in [3.8, 4) is 0 Å². The molecule has 0 spiro atoms. The monoisotopic (exact) mass is 311 g/mol. The van der Waals surface area contributed by atoms with Crippen LogP contribution in [0.1, 0.15) is 24.0 Å². The minimum absolute atomic E-state index is 0.0115. The van der Waals surface area contributed by atoms with E-state index in [9.17, 15) is 13.2 Å². The first-order chi connectivity index (χ1) is 9.92. The van der Waals surface area contributed by atoms with Crippen molar-refractivity contribution < 1.29 is 17.9 Å². The number of methoxy groups -OCH3 is 1. The predicted octanol–water partition coefficient (Wildman–Crippen LogP) is 1.71. The number of sulfonamides is 1.